The van der Waals surface area contributed by atoms with Gasteiger partial charge in [0.25, 0.3) is 0 Å². The Morgan fingerprint density at radius 2 is 2.17 bits per heavy atom. The Bertz CT molecular complexity index is 534. The van der Waals surface area contributed by atoms with Gasteiger partial charge >= 0.3 is 0 Å². The van der Waals surface area contributed by atoms with E-state index in [0.29, 0.717) is 11.9 Å². The van der Waals surface area contributed by atoms with E-state index in [-0.39, 0.29) is 0 Å². The van der Waals surface area contributed by atoms with Crippen LogP contribution in [0.3, 0.4) is 0 Å². The third-order valence-electron chi connectivity index (χ3n) is 3.27. The monoisotopic (exact) mass is 284 g/mol. The molecule has 0 amide bonds. The minimum Gasteiger partial charge on any atom is -0.323 e. The van der Waals surface area contributed by atoms with E-state index < -0.39 is 0 Å². The predicted octanol–water partition coefficient (Wildman–Crippen LogP) is 5.18. The number of fused-ring (bicyclic) bond motifs is 1. The summed E-state index contributed by atoms with van der Waals surface area (Å²) in [5, 5.41) is 0.750. The molecule has 18 heavy (non-hydrogen) atoms. The average molecular weight is 285 g/mol. The summed E-state index contributed by atoms with van der Waals surface area (Å²) in [6.07, 6.45) is 3.52. The van der Waals surface area contributed by atoms with Crippen LogP contribution in [0.15, 0.2) is 18.2 Å². The van der Waals surface area contributed by atoms with Gasteiger partial charge in [-0.1, -0.05) is 37.4 Å². The first kappa shape index (κ1) is 13.7. The van der Waals surface area contributed by atoms with E-state index in [1.807, 2.05) is 18.2 Å². The van der Waals surface area contributed by atoms with Crippen LogP contribution in [0.5, 0.6) is 0 Å². The zero-order chi connectivity index (χ0) is 13.1. The number of unbranched alkanes of at least 4 members (excludes halogenated alkanes) is 1. The van der Waals surface area contributed by atoms with Gasteiger partial charge in [0, 0.05) is 6.04 Å². The summed E-state index contributed by atoms with van der Waals surface area (Å²) in [7, 11) is 0. The standard InChI is InChI=1S/C14H18Cl2N2/c1-3-4-6-10(2)18-13(9-15)17-12-8-5-7-11(16)14(12)18/h5,7-8,10H,3-4,6,9H2,1-2H3. The summed E-state index contributed by atoms with van der Waals surface area (Å²) in [5.74, 6) is 1.32. The molecule has 0 radical (unpaired) electrons. The highest BCUT2D eigenvalue weighted by molar-refractivity contribution is 6.35. The van der Waals surface area contributed by atoms with Crippen LogP contribution in [0.25, 0.3) is 11.0 Å². The zero-order valence-electron chi connectivity index (χ0n) is 10.8. The molecule has 0 aliphatic heterocycles. The van der Waals surface area contributed by atoms with E-state index in [0.717, 1.165) is 28.3 Å². The van der Waals surface area contributed by atoms with Crippen molar-refractivity contribution in [1.82, 2.24) is 9.55 Å². The van der Waals surface area contributed by atoms with E-state index >= 15 is 0 Å². The molecule has 98 valence electrons. The molecule has 0 bridgehead atoms. The van der Waals surface area contributed by atoms with Gasteiger partial charge in [0.05, 0.1) is 21.9 Å². The third-order valence-corrected chi connectivity index (χ3v) is 3.81. The van der Waals surface area contributed by atoms with Crippen molar-refractivity contribution in [3.8, 4) is 0 Å². The van der Waals surface area contributed by atoms with Gasteiger partial charge in [-0.25, -0.2) is 4.98 Å². The van der Waals surface area contributed by atoms with Crippen LogP contribution in [-0.4, -0.2) is 9.55 Å². The molecule has 0 aliphatic rings. The van der Waals surface area contributed by atoms with Crippen LogP contribution in [0, 0.1) is 0 Å². The van der Waals surface area contributed by atoms with Crippen LogP contribution in [0.1, 0.15) is 45.0 Å². The van der Waals surface area contributed by atoms with Crippen LogP contribution in [-0.2, 0) is 5.88 Å². The lowest BCUT2D eigenvalue weighted by atomic mass is 10.1. The van der Waals surface area contributed by atoms with Crippen LogP contribution in [0.2, 0.25) is 5.02 Å². The van der Waals surface area contributed by atoms with E-state index in [4.69, 9.17) is 23.2 Å². The lowest BCUT2D eigenvalue weighted by Gasteiger charge is -2.17. The Balaban J connectivity index is 2.52. The summed E-state index contributed by atoms with van der Waals surface area (Å²) in [4.78, 5) is 4.57. The first-order valence-corrected chi connectivity index (χ1v) is 7.31. The van der Waals surface area contributed by atoms with Crippen molar-refractivity contribution in [2.45, 2.75) is 45.0 Å². The fourth-order valence-electron chi connectivity index (χ4n) is 2.35. The normalized spacial score (nSPS) is 13.1. The first-order valence-electron chi connectivity index (χ1n) is 6.40. The Morgan fingerprint density at radius 1 is 1.39 bits per heavy atom. The topological polar surface area (TPSA) is 17.8 Å². The smallest absolute Gasteiger partial charge is 0.125 e. The van der Waals surface area contributed by atoms with Gasteiger partial charge in [-0.05, 0) is 25.5 Å². The second-order valence-corrected chi connectivity index (χ2v) is 5.30. The molecule has 2 rings (SSSR count). The molecule has 2 nitrogen and oxygen atoms in total. The van der Waals surface area contributed by atoms with Crippen molar-refractivity contribution in [2.24, 2.45) is 0 Å². The molecule has 1 aromatic heterocycles. The Morgan fingerprint density at radius 3 is 2.83 bits per heavy atom. The molecule has 0 saturated heterocycles. The van der Waals surface area contributed by atoms with Gasteiger partial charge in [-0.2, -0.15) is 0 Å². The van der Waals surface area contributed by atoms with E-state index in [9.17, 15) is 0 Å². The number of nitrogens with zero attached hydrogens (tertiary/aromatic N) is 2. The highest BCUT2D eigenvalue weighted by Crippen LogP contribution is 2.30. The quantitative estimate of drug-likeness (QED) is 0.692. The van der Waals surface area contributed by atoms with Crippen molar-refractivity contribution >= 4 is 34.2 Å². The van der Waals surface area contributed by atoms with Gasteiger partial charge in [0.1, 0.15) is 5.82 Å². The summed E-state index contributed by atoms with van der Waals surface area (Å²) in [6.45, 7) is 4.41. The van der Waals surface area contributed by atoms with E-state index in [1.54, 1.807) is 0 Å². The molecule has 0 N–H and O–H groups in total. The maximum Gasteiger partial charge on any atom is 0.125 e. The summed E-state index contributed by atoms with van der Waals surface area (Å²) < 4.78 is 2.19. The number of hydrogen-bond donors (Lipinski definition) is 0. The Kier molecular flexibility index (Phi) is 4.52. The SMILES string of the molecule is CCCCC(C)n1c(CCl)nc2cccc(Cl)c21. The Labute approximate surface area is 118 Å². The molecule has 0 spiro atoms. The highest BCUT2D eigenvalue weighted by Gasteiger charge is 2.16. The van der Waals surface area contributed by atoms with Crippen molar-refractivity contribution in [2.75, 3.05) is 0 Å². The van der Waals surface area contributed by atoms with Gasteiger partial charge in [0.2, 0.25) is 0 Å². The number of benzene rings is 1. The van der Waals surface area contributed by atoms with Crippen molar-refractivity contribution in [1.29, 1.82) is 0 Å². The lowest BCUT2D eigenvalue weighted by Crippen LogP contribution is -2.08. The summed E-state index contributed by atoms with van der Waals surface area (Å²) >= 11 is 12.3. The molecule has 4 heteroatoms. The summed E-state index contributed by atoms with van der Waals surface area (Å²) in [5.41, 5.74) is 1.94. The summed E-state index contributed by atoms with van der Waals surface area (Å²) in [6, 6.07) is 6.20. The minimum atomic E-state index is 0.378. The fraction of sp³-hybridized carbons (Fsp3) is 0.500. The number of alkyl halides is 1. The largest absolute Gasteiger partial charge is 0.323 e. The maximum absolute atomic E-state index is 6.31. The van der Waals surface area contributed by atoms with Crippen molar-refractivity contribution < 1.29 is 0 Å². The molecule has 2 aromatic rings. The zero-order valence-corrected chi connectivity index (χ0v) is 12.3. The van der Waals surface area contributed by atoms with Crippen LogP contribution in [0.4, 0.5) is 0 Å². The van der Waals surface area contributed by atoms with Gasteiger partial charge in [0.15, 0.2) is 0 Å². The number of rotatable bonds is 5. The Hall–Kier alpha value is -0.730. The second-order valence-electron chi connectivity index (χ2n) is 4.63. The molecule has 1 atom stereocenters. The molecule has 0 saturated carbocycles. The number of halogens is 2. The van der Waals surface area contributed by atoms with Crippen molar-refractivity contribution in [3.05, 3.63) is 29.0 Å². The van der Waals surface area contributed by atoms with Gasteiger partial charge < -0.3 is 4.57 Å². The molecule has 1 unspecified atom stereocenters. The molecule has 1 heterocycles. The number of aromatic nitrogens is 2. The van der Waals surface area contributed by atoms with Crippen LogP contribution >= 0.6 is 23.2 Å². The van der Waals surface area contributed by atoms with E-state index in [1.165, 1.54) is 12.8 Å². The molecule has 0 aliphatic carbocycles. The number of hydrogen-bond acceptors (Lipinski definition) is 1. The van der Waals surface area contributed by atoms with Gasteiger partial charge in [-0.15, -0.1) is 11.6 Å². The highest BCUT2D eigenvalue weighted by atomic mass is 35.5. The fourth-order valence-corrected chi connectivity index (χ4v) is 2.80. The van der Waals surface area contributed by atoms with E-state index in [2.05, 4.69) is 23.4 Å². The minimum absolute atomic E-state index is 0.378. The first-order chi connectivity index (χ1) is 8.69. The van der Waals surface area contributed by atoms with Crippen molar-refractivity contribution in [3.63, 3.8) is 0 Å². The number of para-hydroxylation sites is 1. The molecule has 0 fully saturated rings. The molecule has 1 aromatic carbocycles. The third kappa shape index (κ3) is 2.50. The predicted molar refractivity (Wildman–Crippen MR) is 78.5 cm³/mol. The van der Waals surface area contributed by atoms with Crippen LogP contribution < -0.4 is 0 Å². The average Bonchev–Trinajstić information content (AvgIpc) is 2.76. The number of imidazole rings is 1. The molecular formula is C14H18Cl2N2. The second kappa shape index (κ2) is 5.94. The molecular weight excluding hydrogens is 267 g/mol. The maximum atomic E-state index is 6.31. The van der Waals surface area contributed by atoms with Gasteiger partial charge in [-0.3, -0.25) is 0 Å². The lowest BCUT2D eigenvalue weighted by molar-refractivity contribution is 0.485.